The molecule has 0 aliphatic carbocycles. The third-order valence-electron chi connectivity index (χ3n) is 8.17. The second kappa shape index (κ2) is 13.5. The maximum Gasteiger partial charge on any atom is 0.308 e. The first-order valence-corrected chi connectivity index (χ1v) is 14.1. The van der Waals surface area contributed by atoms with Crippen molar-refractivity contribution in [3.63, 3.8) is 0 Å². The molecule has 2 fully saturated rings. The molecular formula is C28H42N4O7. The van der Waals surface area contributed by atoms with Gasteiger partial charge in [-0.25, -0.2) is 0 Å². The van der Waals surface area contributed by atoms with E-state index in [1.165, 1.54) is 0 Å². The van der Waals surface area contributed by atoms with Gasteiger partial charge in [0.1, 0.15) is 0 Å². The number of ether oxygens (including phenoxy) is 2. The number of fused-ring (bicyclic) bond motifs is 1. The molecule has 216 valence electrons. The molecular weight excluding hydrogens is 504 g/mol. The molecule has 11 heteroatoms. The number of carbonyl (C=O) groups is 3. The molecule has 2 amide bonds. The summed E-state index contributed by atoms with van der Waals surface area (Å²) in [6.45, 7) is 5.12. The standard InChI is InChI=1S/C28H42N4O7/c1-2-3-9-31(12-8-29)25(35)16-32-15-21(19-13-20(17-33)27-23(14-19)38-18-39-27)26(28(36)37)22(32)6-4-10-30-11-5-7-24(30)34/h13-14,21-22,26,33H,2-12,15-18,29H2,1H3,(H,36,37)/t21-,22+,26-/m1/s1. The van der Waals surface area contributed by atoms with Crippen LogP contribution in [-0.2, 0) is 21.0 Å². The second-order valence-corrected chi connectivity index (χ2v) is 10.7. The van der Waals surface area contributed by atoms with E-state index in [1.807, 2.05) is 9.80 Å². The normalized spacial score (nSPS) is 22.6. The van der Waals surface area contributed by atoms with Gasteiger partial charge in [-0.2, -0.15) is 0 Å². The molecule has 39 heavy (non-hydrogen) atoms. The molecule has 4 N–H and O–H groups in total. The number of likely N-dealkylation sites (tertiary alicyclic amines) is 2. The predicted octanol–water partition coefficient (Wildman–Crippen LogP) is 1.37. The Morgan fingerprint density at radius 2 is 2.03 bits per heavy atom. The van der Waals surface area contributed by atoms with Gasteiger partial charge in [0.25, 0.3) is 0 Å². The Labute approximate surface area is 229 Å². The van der Waals surface area contributed by atoms with Crippen molar-refractivity contribution in [1.29, 1.82) is 0 Å². The Morgan fingerprint density at radius 1 is 1.21 bits per heavy atom. The van der Waals surface area contributed by atoms with Crippen LogP contribution in [0.3, 0.4) is 0 Å². The number of carbonyl (C=O) groups excluding carboxylic acids is 2. The highest BCUT2D eigenvalue weighted by Gasteiger charge is 2.47. The first-order chi connectivity index (χ1) is 18.9. The summed E-state index contributed by atoms with van der Waals surface area (Å²) in [4.78, 5) is 43.9. The Morgan fingerprint density at radius 3 is 2.69 bits per heavy atom. The zero-order chi connectivity index (χ0) is 27.9. The number of carboxylic acids is 1. The van der Waals surface area contributed by atoms with E-state index in [0.717, 1.165) is 31.4 Å². The molecule has 4 rings (SSSR count). The third kappa shape index (κ3) is 6.64. The Hall–Kier alpha value is -2.89. The van der Waals surface area contributed by atoms with Crippen molar-refractivity contribution in [1.82, 2.24) is 14.7 Å². The van der Waals surface area contributed by atoms with Crippen LogP contribution in [0.4, 0.5) is 0 Å². The van der Waals surface area contributed by atoms with Crippen LogP contribution in [0.5, 0.6) is 11.5 Å². The fourth-order valence-corrected chi connectivity index (χ4v) is 6.20. The zero-order valence-corrected chi connectivity index (χ0v) is 22.8. The predicted molar refractivity (Wildman–Crippen MR) is 143 cm³/mol. The zero-order valence-electron chi connectivity index (χ0n) is 22.8. The van der Waals surface area contributed by atoms with Crippen LogP contribution in [0.1, 0.15) is 62.5 Å². The molecule has 3 atom stereocenters. The van der Waals surface area contributed by atoms with Crippen molar-refractivity contribution < 1.29 is 34.1 Å². The smallest absolute Gasteiger partial charge is 0.308 e. The first kappa shape index (κ1) is 29.1. The number of unbranched alkanes of at least 4 members (excludes halogenated alkanes) is 1. The van der Waals surface area contributed by atoms with Crippen molar-refractivity contribution in [2.75, 3.05) is 52.6 Å². The molecule has 1 aromatic carbocycles. The maximum atomic E-state index is 13.4. The van der Waals surface area contributed by atoms with Gasteiger partial charge in [-0.3, -0.25) is 19.3 Å². The fourth-order valence-electron chi connectivity index (χ4n) is 6.20. The number of amides is 2. The molecule has 0 saturated carbocycles. The van der Waals surface area contributed by atoms with Crippen molar-refractivity contribution in [2.24, 2.45) is 11.7 Å². The molecule has 0 aromatic heterocycles. The van der Waals surface area contributed by atoms with Gasteiger partial charge < -0.3 is 35.2 Å². The van der Waals surface area contributed by atoms with E-state index in [4.69, 9.17) is 15.2 Å². The summed E-state index contributed by atoms with van der Waals surface area (Å²) in [5.74, 6) is -1.03. The van der Waals surface area contributed by atoms with Crippen molar-refractivity contribution in [2.45, 2.75) is 64.0 Å². The third-order valence-corrected chi connectivity index (χ3v) is 8.17. The van der Waals surface area contributed by atoms with Gasteiger partial charge in [0.05, 0.1) is 19.1 Å². The lowest BCUT2D eigenvalue weighted by atomic mass is 9.83. The van der Waals surface area contributed by atoms with E-state index in [0.29, 0.717) is 69.0 Å². The molecule has 3 aliphatic heterocycles. The highest BCUT2D eigenvalue weighted by molar-refractivity contribution is 5.79. The van der Waals surface area contributed by atoms with Gasteiger partial charge in [-0.1, -0.05) is 13.3 Å². The maximum absolute atomic E-state index is 13.4. The number of carboxylic acid groups (broad SMARTS) is 1. The summed E-state index contributed by atoms with van der Waals surface area (Å²) in [5.41, 5.74) is 7.08. The van der Waals surface area contributed by atoms with E-state index in [-0.39, 0.29) is 37.8 Å². The number of rotatable bonds is 14. The van der Waals surface area contributed by atoms with Crippen molar-refractivity contribution in [3.05, 3.63) is 23.3 Å². The molecule has 0 bridgehead atoms. The fraction of sp³-hybridized carbons (Fsp3) is 0.679. The number of nitrogens with two attached hydrogens (primary N) is 1. The van der Waals surface area contributed by atoms with E-state index in [2.05, 4.69) is 6.92 Å². The van der Waals surface area contributed by atoms with Crippen LogP contribution in [0.15, 0.2) is 12.1 Å². The minimum Gasteiger partial charge on any atom is -0.481 e. The topological polar surface area (TPSA) is 146 Å². The summed E-state index contributed by atoms with van der Waals surface area (Å²) in [6, 6.07) is 3.21. The number of hydrogen-bond acceptors (Lipinski definition) is 8. The second-order valence-electron chi connectivity index (χ2n) is 10.7. The molecule has 0 spiro atoms. The van der Waals surface area contributed by atoms with Crippen LogP contribution in [-0.4, -0.2) is 101 Å². The Balaban J connectivity index is 1.59. The quantitative estimate of drug-likeness (QED) is 0.315. The SMILES string of the molecule is CCCCN(CCN)C(=O)CN1C[C@H](c2cc(CO)c3c(c2)OCO3)[C@@H](C(=O)O)[C@@H]1CCCN1CCCC1=O. The lowest BCUT2D eigenvalue weighted by Gasteiger charge is -2.30. The molecule has 11 nitrogen and oxygen atoms in total. The lowest BCUT2D eigenvalue weighted by molar-refractivity contribution is -0.144. The molecule has 3 aliphatic rings. The summed E-state index contributed by atoms with van der Waals surface area (Å²) in [7, 11) is 0. The van der Waals surface area contributed by atoms with Gasteiger partial charge in [0.2, 0.25) is 18.6 Å². The van der Waals surface area contributed by atoms with Crippen molar-refractivity contribution >= 4 is 17.8 Å². The van der Waals surface area contributed by atoms with Crippen LogP contribution in [0.25, 0.3) is 0 Å². The average Bonchev–Trinajstić information content (AvgIpc) is 3.65. The molecule has 3 heterocycles. The van der Waals surface area contributed by atoms with E-state index in [9.17, 15) is 24.6 Å². The van der Waals surface area contributed by atoms with Gasteiger partial charge in [0, 0.05) is 63.2 Å². The first-order valence-electron chi connectivity index (χ1n) is 14.1. The van der Waals surface area contributed by atoms with Crippen LogP contribution in [0.2, 0.25) is 0 Å². The van der Waals surface area contributed by atoms with Gasteiger partial charge in [-0.15, -0.1) is 0 Å². The van der Waals surface area contributed by atoms with E-state index < -0.39 is 17.8 Å². The summed E-state index contributed by atoms with van der Waals surface area (Å²) in [5, 5.41) is 20.4. The molecule has 1 aromatic rings. The number of aliphatic hydroxyl groups is 1. The lowest BCUT2D eigenvalue weighted by Crippen LogP contribution is -2.45. The van der Waals surface area contributed by atoms with Crippen LogP contribution < -0.4 is 15.2 Å². The minimum atomic E-state index is -0.926. The Kier molecular flexibility index (Phi) is 10.0. The summed E-state index contributed by atoms with van der Waals surface area (Å²) < 4.78 is 11.1. The molecule has 0 unspecified atom stereocenters. The van der Waals surface area contributed by atoms with E-state index in [1.54, 1.807) is 17.0 Å². The summed E-state index contributed by atoms with van der Waals surface area (Å²) >= 11 is 0. The van der Waals surface area contributed by atoms with Crippen molar-refractivity contribution in [3.8, 4) is 11.5 Å². The average molecular weight is 547 g/mol. The number of hydrogen-bond donors (Lipinski definition) is 3. The molecule has 0 radical (unpaired) electrons. The van der Waals surface area contributed by atoms with Crippen LogP contribution >= 0.6 is 0 Å². The van der Waals surface area contributed by atoms with E-state index >= 15 is 0 Å². The van der Waals surface area contributed by atoms with Gasteiger partial charge in [0.15, 0.2) is 11.5 Å². The highest BCUT2D eigenvalue weighted by Crippen LogP contribution is 2.44. The minimum absolute atomic E-state index is 0.0476. The Bertz CT molecular complexity index is 1040. The largest absolute Gasteiger partial charge is 0.481 e. The number of nitrogens with zero attached hydrogens (tertiary/aromatic N) is 3. The number of aliphatic carboxylic acids is 1. The monoisotopic (exact) mass is 546 g/mol. The number of benzene rings is 1. The number of aliphatic hydroxyl groups excluding tert-OH is 1. The highest BCUT2D eigenvalue weighted by atomic mass is 16.7. The van der Waals surface area contributed by atoms with Gasteiger partial charge in [-0.05, 0) is 43.4 Å². The van der Waals surface area contributed by atoms with Gasteiger partial charge >= 0.3 is 5.97 Å². The summed E-state index contributed by atoms with van der Waals surface area (Å²) in [6.07, 6.45) is 4.46. The van der Waals surface area contributed by atoms with Crippen LogP contribution in [0, 0.1) is 5.92 Å². The molecule has 2 saturated heterocycles.